The van der Waals surface area contributed by atoms with Crippen LogP contribution < -0.4 is 5.73 Å². The average molecular weight is 567 g/mol. The van der Waals surface area contributed by atoms with Gasteiger partial charge in [-0.15, -0.1) is 0 Å². The van der Waals surface area contributed by atoms with Crippen LogP contribution in [0.15, 0.2) is 103 Å². The molecular formula is C36H42N2O4. The molecular weight excluding hydrogens is 524 g/mol. The molecule has 6 nitrogen and oxygen atoms in total. The molecule has 220 valence electrons. The van der Waals surface area contributed by atoms with Crippen LogP contribution in [0, 0.1) is 5.92 Å². The maximum atomic E-state index is 11.1. The monoisotopic (exact) mass is 566 g/mol. The molecule has 0 unspecified atom stereocenters. The average Bonchev–Trinajstić information content (AvgIpc) is 3.05. The normalized spacial score (nSPS) is 22.2. The van der Waals surface area contributed by atoms with E-state index >= 15 is 0 Å². The Kier molecular flexibility index (Phi) is 9.85. The lowest BCUT2D eigenvalue weighted by Crippen LogP contribution is -2.46. The highest BCUT2D eigenvalue weighted by Crippen LogP contribution is 2.42. The van der Waals surface area contributed by atoms with Gasteiger partial charge in [0.05, 0.1) is 24.9 Å². The van der Waals surface area contributed by atoms with Crippen molar-refractivity contribution in [1.29, 1.82) is 0 Å². The lowest BCUT2D eigenvalue weighted by molar-refractivity contribution is -0.276. The van der Waals surface area contributed by atoms with Gasteiger partial charge in [-0.05, 0) is 47.4 Å². The predicted molar refractivity (Wildman–Crippen MR) is 166 cm³/mol. The van der Waals surface area contributed by atoms with Crippen molar-refractivity contribution in [2.75, 3.05) is 13.6 Å². The highest BCUT2D eigenvalue weighted by molar-refractivity contribution is 5.67. The number of likely N-dealkylation sites (N-methyl/N-ethyl adjacent to an activating group) is 1. The van der Waals surface area contributed by atoms with E-state index < -0.39 is 12.4 Å². The van der Waals surface area contributed by atoms with E-state index in [1.807, 2.05) is 80.7 Å². The summed E-state index contributed by atoms with van der Waals surface area (Å²) in [6, 6.07) is 34.1. The first-order valence-electron chi connectivity index (χ1n) is 14.7. The van der Waals surface area contributed by atoms with Crippen LogP contribution in [0.3, 0.4) is 0 Å². The van der Waals surface area contributed by atoms with Gasteiger partial charge in [0.1, 0.15) is 0 Å². The second kappa shape index (κ2) is 13.7. The van der Waals surface area contributed by atoms with E-state index in [0.717, 1.165) is 38.9 Å². The van der Waals surface area contributed by atoms with Gasteiger partial charge in [-0.2, -0.15) is 0 Å². The van der Waals surface area contributed by atoms with Crippen molar-refractivity contribution >= 4 is 0 Å². The molecule has 0 bridgehead atoms. The topological polar surface area (TPSA) is 88.2 Å². The van der Waals surface area contributed by atoms with Gasteiger partial charge in [0, 0.05) is 30.6 Å². The summed E-state index contributed by atoms with van der Waals surface area (Å²) in [4.78, 5) is 2.17. The van der Waals surface area contributed by atoms with E-state index in [1.165, 1.54) is 0 Å². The molecule has 1 saturated heterocycles. The van der Waals surface area contributed by atoms with Gasteiger partial charge >= 0.3 is 0 Å². The number of hydrogen-bond acceptors (Lipinski definition) is 6. The molecule has 1 fully saturated rings. The smallest absolute Gasteiger partial charge is 0.184 e. The van der Waals surface area contributed by atoms with E-state index in [1.54, 1.807) is 0 Å². The third-order valence-electron chi connectivity index (χ3n) is 8.62. The molecule has 0 aromatic heterocycles. The fourth-order valence-electron chi connectivity index (χ4n) is 5.75. The lowest BCUT2D eigenvalue weighted by atomic mass is 9.89. The second-order valence-corrected chi connectivity index (χ2v) is 11.3. The molecule has 1 heterocycles. The molecule has 1 aliphatic rings. The Morgan fingerprint density at radius 3 is 2.14 bits per heavy atom. The van der Waals surface area contributed by atoms with Gasteiger partial charge in [-0.25, -0.2) is 0 Å². The van der Waals surface area contributed by atoms with Crippen LogP contribution in [-0.4, -0.2) is 40.9 Å². The standard InChI is InChI=1S/C36H42N2O4/c1-24-33(22-38(3)25(2)34(40)28-9-5-4-6-10-28)41-36(42-35(24)29-15-13-26(23-39)14-16-29)30-19-17-27(18-20-30)32-12-8-7-11-31(32)21-37/h4-20,24-25,33-36,39-40H,21-23,37H2,1-3H3/t24-,25-,33+,34-,35+,36+/m0/s1. The molecule has 0 aliphatic carbocycles. The third-order valence-corrected chi connectivity index (χ3v) is 8.62. The minimum Gasteiger partial charge on any atom is -0.392 e. The first-order valence-corrected chi connectivity index (χ1v) is 14.7. The molecule has 4 aromatic rings. The van der Waals surface area contributed by atoms with Gasteiger partial charge < -0.3 is 25.4 Å². The first-order chi connectivity index (χ1) is 20.4. The minimum atomic E-state index is -0.618. The zero-order chi connectivity index (χ0) is 29.6. The Hall–Kier alpha value is -3.36. The summed E-state index contributed by atoms with van der Waals surface area (Å²) in [6.45, 7) is 5.31. The molecule has 6 heteroatoms. The maximum absolute atomic E-state index is 11.1. The number of rotatable bonds is 10. The van der Waals surface area contributed by atoms with Crippen molar-refractivity contribution in [3.63, 3.8) is 0 Å². The van der Waals surface area contributed by atoms with Crippen molar-refractivity contribution in [2.45, 2.75) is 57.6 Å². The fraction of sp³-hybridized carbons (Fsp3) is 0.333. The molecule has 0 radical (unpaired) electrons. The van der Waals surface area contributed by atoms with Crippen molar-refractivity contribution in [1.82, 2.24) is 4.90 Å². The van der Waals surface area contributed by atoms with Crippen LogP contribution >= 0.6 is 0 Å². The minimum absolute atomic E-state index is 0.00176. The number of ether oxygens (including phenoxy) is 2. The summed E-state index contributed by atoms with van der Waals surface area (Å²) < 4.78 is 13.3. The number of nitrogens with two attached hydrogens (primary N) is 1. The molecule has 0 spiro atoms. The largest absolute Gasteiger partial charge is 0.392 e. The zero-order valence-corrected chi connectivity index (χ0v) is 24.6. The molecule has 5 rings (SSSR count). The van der Waals surface area contributed by atoms with Crippen LogP contribution in [0.4, 0.5) is 0 Å². The number of nitrogens with zero attached hydrogens (tertiary/aromatic N) is 1. The Bertz CT molecular complexity index is 1410. The van der Waals surface area contributed by atoms with Crippen molar-refractivity contribution in [3.05, 3.63) is 131 Å². The summed E-state index contributed by atoms with van der Waals surface area (Å²) in [5.41, 5.74) is 13.1. The summed E-state index contributed by atoms with van der Waals surface area (Å²) in [6.07, 6.45) is -1.54. The van der Waals surface area contributed by atoms with Crippen LogP contribution in [0.5, 0.6) is 0 Å². The van der Waals surface area contributed by atoms with Crippen molar-refractivity contribution < 1.29 is 19.7 Å². The third kappa shape index (κ3) is 6.65. The lowest BCUT2D eigenvalue weighted by Gasteiger charge is -2.43. The second-order valence-electron chi connectivity index (χ2n) is 11.3. The van der Waals surface area contributed by atoms with Crippen LogP contribution in [0.25, 0.3) is 11.1 Å². The predicted octanol–water partition coefficient (Wildman–Crippen LogP) is 6.15. The van der Waals surface area contributed by atoms with E-state index in [2.05, 4.69) is 48.2 Å². The summed E-state index contributed by atoms with van der Waals surface area (Å²) in [7, 11) is 2.03. The van der Waals surface area contributed by atoms with Crippen molar-refractivity contribution in [3.8, 4) is 11.1 Å². The van der Waals surface area contributed by atoms with Gasteiger partial charge in [0.25, 0.3) is 0 Å². The Labute approximate surface area is 249 Å². The van der Waals surface area contributed by atoms with E-state index in [9.17, 15) is 10.2 Å². The van der Waals surface area contributed by atoms with Gasteiger partial charge in [0.15, 0.2) is 6.29 Å². The summed E-state index contributed by atoms with van der Waals surface area (Å²) in [5.74, 6) is 0.0421. The fourth-order valence-corrected chi connectivity index (χ4v) is 5.75. The molecule has 42 heavy (non-hydrogen) atoms. The zero-order valence-electron chi connectivity index (χ0n) is 24.6. The van der Waals surface area contributed by atoms with Gasteiger partial charge in [0.2, 0.25) is 0 Å². The van der Waals surface area contributed by atoms with E-state index in [4.69, 9.17) is 15.2 Å². The van der Waals surface area contributed by atoms with Crippen LogP contribution in [0.2, 0.25) is 0 Å². The van der Waals surface area contributed by atoms with Gasteiger partial charge in [-0.1, -0.05) is 110 Å². The molecule has 4 aromatic carbocycles. The van der Waals surface area contributed by atoms with E-state index in [0.29, 0.717) is 13.1 Å². The highest BCUT2D eigenvalue weighted by Gasteiger charge is 2.39. The molecule has 0 amide bonds. The van der Waals surface area contributed by atoms with Crippen molar-refractivity contribution in [2.24, 2.45) is 11.7 Å². The molecule has 6 atom stereocenters. The number of aliphatic hydroxyl groups is 2. The summed E-state index contributed by atoms with van der Waals surface area (Å²) >= 11 is 0. The Morgan fingerprint density at radius 1 is 0.833 bits per heavy atom. The molecule has 4 N–H and O–H groups in total. The molecule has 0 saturated carbocycles. The molecule has 1 aliphatic heterocycles. The summed E-state index contributed by atoms with van der Waals surface area (Å²) in [5, 5.41) is 20.6. The first kappa shape index (κ1) is 30.1. The van der Waals surface area contributed by atoms with Gasteiger partial charge in [-0.3, -0.25) is 4.90 Å². The number of aliphatic hydroxyl groups excluding tert-OH is 2. The van der Waals surface area contributed by atoms with Crippen LogP contribution in [0.1, 0.15) is 60.2 Å². The Balaban J connectivity index is 1.40. The SMILES string of the molecule is C[C@H]1[C@@H](CN(C)[C@@H](C)[C@H](O)c2ccccc2)O[C@@H](c2ccc(-c3ccccc3CN)cc2)O[C@H]1c1ccc(CO)cc1. The number of benzene rings is 4. The van der Waals surface area contributed by atoms with E-state index in [-0.39, 0.29) is 30.8 Å². The number of hydrogen-bond donors (Lipinski definition) is 3. The Morgan fingerprint density at radius 2 is 1.48 bits per heavy atom. The van der Waals surface area contributed by atoms with Crippen LogP contribution in [-0.2, 0) is 22.6 Å². The maximum Gasteiger partial charge on any atom is 0.184 e. The highest BCUT2D eigenvalue weighted by atomic mass is 16.7. The quantitative estimate of drug-likeness (QED) is 0.213.